The van der Waals surface area contributed by atoms with Crippen LogP contribution in [0.4, 0.5) is 0 Å². The van der Waals surface area contributed by atoms with E-state index in [-0.39, 0.29) is 17.1 Å². The molecule has 4 aromatic carbocycles. The van der Waals surface area contributed by atoms with E-state index in [1.54, 1.807) is 10.4 Å². The molecule has 0 N–H and O–H groups in total. The van der Waals surface area contributed by atoms with Crippen LogP contribution in [0.5, 0.6) is 0 Å². The zero-order chi connectivity index (χ0) is 24.2. The summed E-state index contributed by atoms with van der Waals surface area (Å²) in [5.41, 5.74) is 8.78. The van der Waals surface area contributed by atoms with E-state index in [2.05, 4.69) is 113 Å². The van der Waals surface area contributed by atoms with Crippen molar-refractivity contribution in [1.82, 2.24) is 0 Å². The zero-order valence-corrected chi connectivity index (χ0v) is 24.8. The van der Waals surface area contributed by atoms with Gasteiger partial charge in [-0.15, -0.1) is 0 Å². The molecule has 0 fully saturated rings. The fraction of sp³-hybridized carbons (Fsp3) is 0.312. The van der Waals surface area contributed by atoms with Gasteiger partial charge in [-0.2, -0.15) is 17.7 Å². The molecule has 0 aliphatic rings. The average molecular weight is 535 g/mol. The third-order valence-electron chi connectivity index (χ3n) is 6.59. The van der Waals surface area contributed by atoms with Crippen molar-refractivity contribution in [3.8, 4) is 0 Å². The third kappa shape index (κ3) is 9.93. The quantitative estimate of drug-likeness (QED) is 0.119. The number of hydrogen-bond acceptors (Lipinski definition) is 0. The van der Waals surface area contributed by atoms with Gasteiger partial charge in [0.1, 0.15) is 0 Å². The Morgan fingerprint density at radius 1 is 0.657 bits per heavy atom. The molecule has 0 aromatic heterocycles. The predicted octanol–water partition coefficient (Wildman–Crippen LogP) is 6.80. The van der Waals surface area contributed by atoms with Crippen molar-refractivity contribution in [2.24, 2.45) is 0 Å². The molecule has 4 radical (unpaired) electrons. The normalized spacial score (nSPS) is 10.4. The molecule has 0 spiro atoms. The molecule has 0 nitrogen and oxygen atoms in total. The van der Waals surface area contributed by atoms with Crippen LogP contribution < -0.4 is 10.4 Å². The average Bonchev–Trinajstić information content (AvgIpc) is 3.55. The van der Waals surface area contributed by atoms with Crippen LogP contribution in [0.25, 0.3) is 0 Å². The van der Waals surface area contributed by atoms with Gasteiger partial charge in [-0.05, 0) is 49.9 Å². The van der Waals surface area contributed by atoms with Gasteiger partial charge in [-0.3, -0.25) is 0 Å². The van der Waals surface area contributed by atoms with Gasteiger partial charge in [0, 0.05) is 17.1 Å². The van der Waals surface area contributed by atoms with Crippen LogP contribution in [0.1, 0.15) is 46.2 Å². The number of benzene rings is 2. The van der Waals surface area contributed by atoms with Gasteiger partial charge in [0.15, 0.2) is 0 Å². The Morgan fingerprint density at radius 3 is 1.66 bits per heavy atom. The minimum absolute atomic E-state index is 0. The van der Waals surface area contributed by atoms with Crippen LogP contribution >= 0.6 is 0 Å². The van der Waals surface area contributed by atoms with Crippen LogP contribution in [0, 0.1) is 27.7 Å². The van der Waals surface area contributed by atoms with Crippen molar-refractivity contribution in [3.05, 3.63) is 118 Å². The molecule has 188 valence electrons. The van der Waals surface area contributed by atoms with E-state index in [9.17, 15) is 0 Å². The van der Waals surface area contributed by atoms with Crippen LogP contribution in [0.2, 0.25) is 12.1 Å². The minimum atomic E-state index is 0. The van der Waals surface area contributed by atoms with Crippen molar-refractivity contribution in [2.75, 3.05) is 0 Å². The van der Waals surface area contributed by atoms with E-state index in [1.165, 1.54) is 71.2 Å². The second-order valence-corrected chi connectivity index (χ2v) is 11.9. The molecule has 35 heavy (non-hydrogen) atoms. The van der Waals surface area contributed by atoms with Gasteiger partial charge < -0.3 is 29.8 Å². The minimum Gasteiger partial charge on any atom is -0.748 e. The summed E-state index contributed by atoms with van der Waals surface area (Å²) in [4.78, 5) is 0. The molecule has 0 unspecified atom stereocenters. The molecule has 4 aromatic rings. The maximum Gasteiger partial charge on any atom is 0.0811 e. The van der Waals surface area contributed by atoms with Crippen LogP contribution in [-0.2, 0) is 29.9 Å². The summed E-state index contributed by atoms with van der Waals surface area (Å²) in [6, 6.07) is 33.4. The Kier molecular flexibility index (Phi) is 13.4. The van der Waals surface area contributed by atoms with E-state index in [0.717, 1.165) is 19.0 Å². The molecule has 0 amide bonds. The molecule has 0 aliphatic carbocycles. The monoisotopic (exact) mass is 534 g/mol. The number of aryl methyl sites for hydroxylation is 4. The summed E-state index contributed by atoms with van der Waals surface area (Å²) in [6.45, 7) is 8.89. The molecule has 4 rings (SSSR count). The van der Waals surface area contributed by atoms with Gasteiger partial charge in [0.2, 0.25) is 0 Å². The first-order valence-electron chi connectivity index (χ1n) is 12.6. The molecule has 0 aliphatic heterocycles. The van der Waals surface area contributed by atoms with Crippen molar-refractivity contribution in [3.63, 3.8) is 0 Å². The van der Waals surface area contributed by atoms with Gasteiger partial charge in [0.05, 0.1) is 19.0 Å². The second-order valence-electron chi connectivity index (χ2n) is 9.14. The third-order valence-corrected chi connectivity index (χ3v) is 9.64. The SMILES string of the molecule is Cc1cccc([Si]CCC[c-]2[cH-][cH-][cH-][cH-]2)c1C.Cc1cccc([Si]CCC[c-]2cccc2)c1C.[Fe]. The summed E-state index contributed by atoms with van der Waals surface area (Å²) >= 11 is 0. The van der Waals surface area contributed by atoms with Crippen molar-refractivity contribution >= 4 is 29.4 Å². The van der Waals surface area contributed by atoms with Crippen molar-refractivity contribution < 1.29 is 17.1 Å². The van der Waals surface area contributed by atoms with E-state index < -0.39 is 0 Å². The molecular formula is C32H38FeSi2-6. The van der Waals surface area contributed by atoms with Crippen LogP contribution in [-0.4, -0.2) is 19.0 Å². The van der Waals surface area contributed by atoms with E-state index in [4.69, 9.17) is 0 Å². The standard InChI is InChI=1S/2C16H19Si.Fe/c2*1-13-7-5-11-16(14(13)2)17-12-6-10-15-8-3-4-9-15;/h2*3-5,7-9,11H,6,10,12H2,1-2H3;/q-5;-1;. The van der Waals surface area contributed by atoms with Crippen LogP contribution in [0.15, 0.2) is 84.9 Å². The second kappa shape index (κ2) is 16.0. The van der Waals surface area contributed by atoms with Gasteiger partial charge in [0.25, 0.3) is 0 Å². The zero-order valence-electron chi connectivity index (χ0n) is 21.7. The Morgan fingerprint density at radius 2 is 1.14 bits per heavy atom. The topological polar surface area (TPSA) is 0 Å². The Hall–Kier alpha value is -1.91. The first-order chi connectivity index (χ1) is 16.5. The summed E-state index contributed by atoms with van der Waals surface area (Å²) in [6.07, 6.45) is 5.06. The Labute approximate surface area is 229 Å². The molecule has 3 heteroatoms. The maximum atomic E-state index is 2.28. The first kappa shape index (κ1) is 29.3. The van der Waals surface area contributed by atoms with E-state index in [1.807, 2.05) is 0 Å². The maximum absolute atomic E-state index is 2.28. The predicted molar refractivity (Wildman–Crippen MR) is 153 cm³/mol. The summed E-state index contributed by atoms with van der Waals surface area (Å²) in [7, 11) is 1.92. The van der Waals surface area contributed by atoms with E-state index >= 15 is 0 Å². The summed E-state index contributed by atoms with van der Waals surface area (Å²) < 4.78 is 0. The molecule has 0 bridgehead atoms. The van der Waals surface area contributed by atoms with Crippen molar-refractivity contribution in [1.29, 1.82) is 0 Å². The largest absolute Gasteiger partial charge is 0.748 e. The van der Waals surface area contributed by atoms with Gasteiger partial charge in [-0.25, -0.2) is 18.6 Å². The molecule has 0 saturated carbocycles. The summed E-state index contributed by atoms with van der Waals surface area (Å²) in [5, 5.41) is 3.10. The Bertz CT molecular complexity index is 1010. The molecule has 0 saturated heterocycles. The smallest absolute Gasteiger partial charge is 0.0811 e. The molecule has 0 heterocycles. The Balaban J connectivity index is 0.000000240. The number of rotatable bonds is 10. The molecule has 0 atom stereocenters. The van der Waals surface area contributed by atoms with Gasteiger partial charge >= 0.3 is 0 Å². The van der Waals surface area contributed by atoms with Crippen molar-refractivity contribution in [2.45, 2.75) is 65.5 Å². The summed E-state index contributed by atoms with van der Waals surface area (Å²) in [5.74, 6) is 0. The first-order valence-corrected chi connectivity index (χ1v) is 15.0. The van der Waals surface area contributed by atoms with E-state index in [0.29, 0.717) is 0 Å². The van der Waals surface area contributed by atoms with Gasteiger partial charge in [-0.1, -0.05) is 78.1 Å². The fourth-order valence-corrected chi connectivity index (χ4v) is 6.68. The van der Waals surface area contributed by atoms with Crippen LogP contribution in [0.3, 0.4) is 0 Å². The molecular weight excluding hydrogens is 496 g/mol. The fourth-order valence-electron chi connectivity index (χ4n) is 4.08. The number of hydrogen-bond donors (Lipinski definition) is 0.